The van der Waals surface area contributed by atoms with E-state index in [9.17, 15) is 22.4 Å². The highest BCUT2D eigenvalue weighted by molar-refractivity contribution is 5.88. The molecule has 7 heteroatoms. The van der Waals surface area contributed by atoms with Gasteiger partial charge in [0.1, 0.15) is 5.82 Å². The molecule has 20 heavy (non-hydrogen) atoms. The molecule has 1 N–H and O–H groups in total. The monoisotopic (exact) mass is 293 g/mol. The molecule has 0 aromatic heterocycles. The topological polar surface area (TPSA) is 40.5 Å². The summed E-state index contributed by atoms with van der Waals surface area (Å²) in [5, 5.41) is 8.78. The highest BCUT2D eigenvalue weighted by atomic mass is 19.4. The third kappa shape index (κ3) is 5.16. The molecule has 0 aliphatic carbocycles. The number of hydrogen-bond acceptors (Lipinski definition) is 2. The molecule has 0 amide bonds. The van der Waals surface area contributed by atoms with Gasteiger partial charge in [0.05, 0.1) is 12.1 Å². The van der Waals surface area contributed by atoms with Crippen LogP contribution in [0.4, 0.5) is 17.6 Å². The van der Waals surface area contributed by atoms with Crippen LogP contribution in [0.15, 0.2) is 18.2 Å². The second-order valence-corrected chi connectivity index (χ2v) is 4.45. The molecule has 0 aliphatic heterocycles. The molecule has 0 bridgehead atoms. The van der Waals surface area contributed by atoms with Crippen molar-refractivity contribution >= 4 is 5.97 Å². The molecule has 0 saturated heterocycles. The van der Waals surface area contributed by atoms with Crippen LogP contribution in [0.2, 0.25) is 0 Å². The van der Waals surface area contributed by atoms with Gasteiger partial charge in [-0.1, -0.05) is 13.0 Å². The molecule has 0 aliphatic rings. The van der Waals surface area contributed by atoms with Crippen molar-refractivity contribution in [2.24, 2.45) is 0 Å². The first-order valence-electron chi connectivity index (χ1n) is 6.03. The van der Waals surface area contributed by atoms with Crippen molar-refractivity contribution < 1.29 is 27.5 Å². The maximum absolute atomic E-state index is 13.2. The Morgan fingerprint density at radius 3 is 2.50 bits per heavy atom. The molecule has 0 atom stereocenters. The number of carboxylic acid groups (broad SMARTS) is 1. The second-order valence-electron chi connectivity index (χ2n) is 4.45. The molecular weight excluding hydrogens is 278 g/mol. The Morgan fingerprint density at radius 2 is 2.00 bits per heavy atom. The maximum atomic E-state index is 13.2. The summed E-state index contributed by atoms with van der Waals surface area (Å²) in [7, 11) is 0. The lowest BCUT2D eigenvalue weighted by Crippen LogP contribution is -2.34. The van der Waals surface area contributed by atoms with Gasteiger partial charge in [-0.25, -0.2) is 9.18 Å². The summed E-state index contributed by atoms with van der Waals surface area (Å²) < 4.78 is 50.4. The van der Waals surface area contributed by atoms with Gasteiger partial charge in [0.2, 0.25) is 0 Å². The molecule has 0 unspecified atom stereocenters. The highest BCUT2D eigenvalue weighted by Gasteiger charge is 2.30. The van der Waals surface area contributed by atoms with Crippen LogP contribution in [0.1, 0.15) is 29.3 Å². The van der Waals surface area contributed by atoms with Gasteiger partial charge >= 0.3 is 12.1 Å². The van der Waals surface area contributed by atoms with Crippen LogP contribution >= 0.6 is 0 Å². The van der Waals surface area contributed by atoms with Crippen LogP contribution in [0.25, 0.3) is 0 Å². The van der Waals surface area contributed by atoms with Gasteiger partial charge in [-0.3, -0.25) is 4.90 Å². The molecule has 0 saturated carbocycles. The summed E-state index contributed by atoms with van der Waals surface area (Å²) in [5.41, 5.74) is -0.201. The Bertz CT molecular complexity index is 474. The molecule has 3 nitrogen and oxygen atoms in total. The number of aromatic carboxylic acids is 1. The van der Waals surface area contributed by atoms with E-state index in [1.807, 2.05) is 0 Å². The second kappa shape index (κ2) is 6.69. The van der Waals surface area contributed by atoms with Crippen molar-refractivity contribution in [2.75, 3.05) is 13.1 Å². The fraction of sp³-hybridized carbons (Fsp3) is 0.462. The van der Waals surface area contributed by atoms with E-state index in [4.69, 9.17) is 5.11 Å². The first-order chi connectivity index (χ1) is 9.23. The van der Waals surface area contributed by atoms with Gasteiger partial charge in [-0.15, -0.1) is 0 Å². The van der Waals surface area contributed by atoms with Gasteiger partial charge < -0.3 is 5.11 Å². The van der Waals surface area contributed by atoms with Crippen molar-refractivity contribution in [3.8, 4) is 0 Å². The van der Waals surface area contributed by atoms with Crippen molar-refractivity contribution in [2.45, 2.75) is 26.1 Å². The number of rotatable bonds is 6. The Labute approximate surface area is 113 Å². The number of halogens is 4. The molecule has 1 aromatic carbocycles. The Balaban J connectivity index is 2.88. The first-order valence-corrected chi connectivity index (χ1v) is 6.03. The number of carboxylic acids is 1. The normalized spacial score (nSPS) is 11.9. The smallest absolute Gasteiger partial charge is 0.401 e. The Hall–Kier alpha value is -1.63. The fourth-order valence-corrected chi connectivity index (χ4v) is 1.88. The van der Waals surface area contributed by atoms with Crippen LogP contribution in [0.5, 0.6) is 0 Å². The third-order valence-electron chi connectivity index (χ3n) is 2.61. The number of nitrogens with zero attached hydrogens (tertiary/aromatic N) is 1. The summed E-state index contributed by atoms with van der Waals surface area (Å²) in [5.74, 6) is -2.35. The summed E-state index contributed by atoms with van der Waals surface area (Å²) >= 11 is 0. The lowest BCUT2D eigenvalue weighted by molar-refractivity contribution is -0.147. The largest absolute Gasteiger partial charge is 0.478 e. The van der Waals surface area contributed by atoms with E-state index >= 15 is 0 Å². The Morgan fingerprint density at radius 1 is 1.35 bits per heavy atom. The Kier molecular flexibility index (Phi) is 5.50. The summed E-state index contributed by atoms with van der Waals surface area (Å²) in [4.78, 5) is 11.9. The molecule has 1 aromatic rings. The van der Waals surface area contributed by atoms with Crippen LogP contribution in [0, 0.1) is 5.82 Å². The SMILES string of the molecule is CCCN(Cc1ccc(F)c(C(=O)O)c1)CC(F)(F)F. The standard InChI is InChI=1S/C13H15F4NO2/c1-2-5-18(8-13(15,16)17)7-9-3-4-11(14)10(6-9)12(19)20/h3-4,6H,2,5,7-8H2,1H3,(H,19,20). The highest BCUT2D eigenvalue weighted by Crippen LogP contribution is 2.19. The van der Waals surface area contributed by atoms with E-state index < -0.39 is 30.1 Å². The zero-order chi connectivity index (χ0) is 15.3. The van der Waals surface area contributed by atoms with Crippen LogP contribution < -0.4 is 0 Å². The minimum atomic E-state index is -4.33. The zero-order valence-corrected chi connectivity index (χ0v) is 10.9. The van der Waals surface area contributed by atoms with Gasteiger partial charge in [0.25, 0.3) is 0 Å². The number of carbonyl (C=O) groups is 1. The minimum Gasteiger partial charge on any atom is -0.478 e. The van der Waals surface area contributed by atoms with Crippen LogP contribution in [0.3, 0.4) is 0 Å². The van der Waals surface area contributed by atoms with E-state index in [1.165, 1.54) is 6.07 Å². The van der Waals surface area contributed by atoms with E-state index in [-0.39, 0.29) is 13.1 Å². The zero-order valence-electron chi connectivity index (χ0n) is 10.9. The number of alkyl halides is 3. The number of benzene rings is 1. The van der Waals surface area contributed by atoms with Gasteiger partial charge in [-0.05, 0) is 30.7 Å². The summed E-state index contributed by atoms with van der Waals surface area (Å²) in [6, 6.07) is 3.31. The van der Waals surface area contributed by atoms with E-state index in [0.717, 1.165) is 17.0 Å². The predicted molar refractivity (Wildman–Crippen MR) is 65.0 cm³/mol. The predicted octanol–water partition coefficient (Wildman–Crippen LogP) is 3.30. The molecule has 0 fully saturated rings. The lowest BCUT2D eigenvalue weighted by atomic mass is 10.1. The molecule has 1 rings (SSSR count). The fourth-order valence-electron chi connectivity index (χ4n) is 1.88. The van der Waals surface area contributed by atoms with E-state index in [2.05, 4.69) is 0 Å². The third-order valence-corrected chi connectivity index (χ3v) is 2.61. The summed E-state index contributed by atoms with van der Waals surface area (Å²) in [6.45, 7) is 0.810. The maximum Gasteiger partial charge on any atom is 0.401 e. The van der Waals surface area contributed by atoms with Gasteiger partial charge in [-0.2, -0.15) is 13.2 Å². The van der Waals surface area contributed by atoms with Gasteiger partial charge in [0.15, 0.2) is 0 Å². The first kappa shape index (κ1) is 16.4. The quantitative estimate of drug-likeness (QED) is 0.818. The molecule has 0 heterocycles. The summed E-state index contributed by atoms with van der Waals surface area (Å²) in [6.07, 6.45) is -3.80. The van der Waals surface area contributed by atoms with Crippen molar-refractivity contribution in [3.63, 3.8) is 0 Å². The van der Waals surface area contributed by atoms with Crippen molar-refractivity contribution in [3.05, 3.63) is 35.1 Å². The van der Waals surface area contributed by atoms with Crippen LogP contribution in [-0.4, -0.2) is 35.2 Å². The molecule has 0 spiro atoms. The van der Waals surface area contributed by atoms with E-state index in [0.29, 0.717) is 12.0 Å². The van der Waals surface area contributed by atoms with Crippen LogP contribution in [-0.2, 0) is 6.54 Å². The number of hydrogen-bond donors (Lipinski definition) is 1. The average Bonchev–Trinajstić information content (AvgIpc) is 2.29. The van der Waals surface area contributed by atoms with E-state index in [1.54, 1.807) is 6.92 Å². The molecular formula is C13H15F4NO2. The molecule has 0 radical (unpaired) electrons. The van der Waals surface area contributed by atoms with Gasteiger partial charge in [0, 0.05) is 6.54 Å². The minimum absolute atomic E-state index is 0.0755. The average molecular weight is 293 g/mol. The van der Waals surface area contributed by atoms with Crippen molar-refractivity contribution in [1.29, 1.82) is 0 Å². The van der Waals surface area contributed by atoms with Crippen molar-refractivity contribution in [1.82, 2.24) is 4.90 Å². The lowest BCUT2D eigenvalue weighted by Gasteiger charge is -2.23. The molecule has 112 valence electrons.